The summed E-state index contributed by atoms with van der Waals surface area (Å²) in [4.78, 5) is 5.79. The zero-order valence-corrected chi connectivity index (χ0v) is 12.0. The Morgan fingerprint density at radius 1 is 1.47 bits per heavy atom. The summed E-state index contributed by atoms with van der Waals surface area (Å²) in [6.45, 7) is 7.40. The van der Waals surface area contributed by atoms with Crippen molar-refractivity contribution in [1.82, 2.24) is 10.3 Å². The molecular formula is C13H25N3S. The minimum Gasteiger partial charge on any atom is -0.327 e. The third-order valence-electron chi connectivity index (χ3n) is 2.91. The molecule has 0 aromatic carbocycles. The monoisotopic (exact) mass is 255 g/mol. The molecular weight excluding hydrogens is 230 g/mol. The molecule has 2 atom stereocenters. The van der Waals surface area contributed by atoms with Crippen LogP contribution in [0, 0.1) is 0 Å². The van der Waals surface area contributed by atoms with Crippen molar-refractivity contribution in [2.45, 2.75) is 58.5 Å². The van der Waals surface area contributed by atoms with Crippen molar-refractivity contribution in [3.05, 3.63) is 16.1 Å². The Labute approximate surface area is 109 Å². The Kier molecular flexibility index (Phi) is 6.70. The van der Waals surface area contributed by atoms with E-state index in [-0.39, 0.29) is 6.04 Å². The SMILES string of the molecule is CCCC[C@H](N)CNC(C)c1ncc(CC)s1. The maximum absolute atomic E-state index is 6.04. The fourth-order valence-corrected chi connectivity index (χ4v) is 2.55. The van der Waals surface area contributed by atoms with Gasteiger partial charge in [-0.1, -0.05) is 26.7 Å². The molecule has 3 nitrogen and oxygen atoms in total. The van der Waals surface area contributed by atoms with Gasteiger partial charge < -0.3 is 11.1 Å². The highest BCUT2D eigenvalue weighted by Gasteiger charge is 2.11. The Morgan fingerprint density at radius 3 is 2.82 bits per heavy atom. The number of hydrogen-bond donors (Lipinski definition) is 2. The largest absolute Gasteiger partial charge is 0.327 e. The molecule has 0 spiro atoms. The van der Waals surface area contributed by atoms with Crippen LogP contribution in [0.25, 0.3) is 0 Å². The first-order valence-electron chi connectivity index (χ1n) is 6.60. The molecule has 0 bridgehead atoms. The fourth-order valence-electron chi connectivity index (χ4n) is 1.67. The average Bonchev–Trinajstić information content (AvgIpc) is 2.82. The number of aryl methyl sites for hydroxylation is 1. The number of rotatable bonds is 8. The highest BCUT2D eigenvalue weighted by molar-refractivity contribution is 7.11. The first-order chi connectivity index (χ1) is 8.17. The summed E-state index contributed by atoms with van der Waals surface area (Å²) in [5.74, 6) is 0. The maximum Gasteiger partial charge on any atom is 0.109 e. The average molecular weight is 255 g/mol. The molecule has 1 aromatic rings. The van der Waals surface area contributed by atoms with Gasteiger partial charge in [0.05, 0.1) is 6.04 Å². The molecule has 1 unspecified atom stereocenters. The number of nitrogens with one attached hydrogen (secondary N) is 1. The predicted octanol–water partition coefficient (Wildman–Crippen LogP) is 2.87. The molecule has 0 saturated heterocycles. The molecule has 0 aliphatic carbocycles. The Hall–Kier alpha value is -0.450. The van der Waals surface area contributed by atoms with Gasteiger partial charge >= 0.3 is 0 Å². The van der Waals surface area contributed by atoms with Gasteiger partial charge in [-0.3, -0.25) is 0 Å². The van der Waals surface area contributed by atoms with Crippen LogP contribution in [0.15, 0.2) is 6.20 Å². The number of unbranched alkanes of at least 4 members (excludes halogenated alkanes) is 1. The molecule has 1 aromatic heterocycles. The topological polar surface area (TPSA) is 50.9 Å². The number of hydrogen-bond acceptors (Lipinski definition) is 4. The number of nitrogens with zero attached hydrogens (tertiary/aromatic N) is 1. The molecule has 4 heteroatoms. The van der Waals surface area contributed by atoms with Crippen molar-refractivity contribution in [3.8, 4) is 0 Å². The van der Waals surface area contributed by atoms with Gasteiger partial charge in [0.1, 0.15) is 5.01 Å². The third-order valence-corrected chi connectivity index (χ3v) is 4.23. The first-order valence-corrected chi connectivity index (χ1v) is 7.42. The number of aromatic nitrogens is 1. The molecule has 0 fully saturated rings. The molecule has 1 heterocycles. The predicted molar refractivity (Wildman–Crippen MR) is 75.4 cm³/mol. The van der Waals surface area contributed by atoms with Crippen LogP contribution in [0.5, 0.6) is 0 Å². The van der Waals surface area contributed by atoms with Gasteiger partial charge in [-0.2, -0.15) is 0 Å². The molecule has 98 valence electrons. The van der Waals surface area contributed by atoms with Gasteiger partial charge in [-0.05, 0) is 19.8 Å². The summed E-state index contributed by atoms with van der Waals surface area (Å²) in [5, 5.41) is 4.64. The van der Waals surface area contributed by atoms with Gasteiger partial charge in [-0.25, -0.2) is 4.98 Å². The van der Waals surface area contributed by atoms with Crippen molar-refractivity contribution in [1.29, 1.82) is 0 Å². The van der Waals surface area contributed by atoms with Crippen LogP contribution in [0.4, 0.5) is 0 Å². The van der Waals surface area contributed by atoms with Gasteiger partial charge in [0, 0.05) is 23.7 Å². The van der Waals surface area contributed by atoms with Crippen LogP contribution in [0.1, 0.15) is 56.0 Å². The van der Waals surface area contributed by atoms with Crippen LogP contribution < -0.4 is 11.1 Å². The van der Waals surface area contributed by atoms with E-state index in [9.17, 15) is 0 Å². The van der Waals surface area contributed by atoms with Gasteiger partial charge in [0.25, 0.3) is 0 Å². The molecule has 0 radical (unpaired) electrons. The van der Waals surface area contributed by atoms with Gasteiger partial charge in [-0.15, -0.1) is 11.3 Å². The van der Waals surface area contributed by atoms with Crippen molar-refractivity contribution < 1.29 is 0 Å². The van der Waals surface area contributed by atoms with E-state index in [0.29, 0.717) is 6.04 Å². The van der Waals surface area contributed by atoms with Gasteiger partial charge in [0.2, 0.25) is 0 Å². The summed E-state index contributed by atoms with van der Waals surface area (Å²) in [5.41, 5.74) is 6.04. The van der Waals surface area contributed by atoms with E-state index in [1.165, 1.54) is 22.7 Å². The lowest BCUT2D eigenvalue weighted by Crippen LogP contribution is -2.35. The lowest BCUT2D eigenvalue weighted by Gasteiger charge is -2.15. The van der Waals surface area contributed by atoms with E-state index >= 15 is 0 Å². The quantitative estimate of drug-likeness (QED) is 0.751. The normalized spacial score (nSPS) is 14.8. The highest BCUT2D eigenvalue weighted by atomic mass is 32.1. The van der Waals surface area contributed by atoms with Gasteiger partial charge in [0.15, 0.2) is 0 Å². The highest BCUT2D eigenvalue weighted by Crippen LogP contribution is 2.20. The van der Waals surface area contributed by atoms with Crippen LogP contribution in [0.3, 0.4) is 0 Å². The fraction of sp³-hybridized carbons (Fsp3) is 0.769. The van der Waals surface area contributed by atoms with Crippen LogP contribution >= 0.6 is 11.3 Å². The molecule has 0 amide bonds. The molecule has 1 rings (SSSR count). The second kappa shape index (κ2) is 7.80. The van der Waals surface area contributed by atoms with Crippen molar-refractivity contribution in [2.75, 3.05) is 6.54 Å². The summed E-state index contributed by atoms with van der Waals surface area (Å²) < 4.78 is 0. The molecule has 0 saturated carbocycles. The number of thiazole rings is 1. The smallest absolute Gasteiger partial charge is 0.109 e. The summed E-state index contributed by atoms with van der Waals surface area (Å²) in [7, 11) is 0. The van der Waals surface area contributed by atoms with E-state index in [4.69, 9.17) is 5.73 Å². The zero-order valence-electron chi connectivity index (χ0n) is 11.2. The third kappa shape index (κ3) is 5.15. The molecule has 0 aliphatic rings. The molecule has 3 N–H and O–H groups in total. The minimum atomic E-state index is 0.267. The van der Waals surface area contributed by atoms with E-state index in [1.54, 1.807) is 11.3 Å². The zero-order chi connectivity index (χ0) is 12.7. The minimum absolute atomic E-state index is 0.267. The van der Waals surface area contributed by atoms with Crippen LogP contribution in [-0.2, 0) is 6.42 Å². The van der Waals surface area contributed by atoms with Crippen molar-refractivity contribution >= 4 is 11.3 Å². The van der Waals surface area contributed by atoms with E-state index in [1.807, 2.05) is 6.20 Å². The van der Waals surface area contributed by atoms with Crippen LogP contribution in [0.2, 0.25) is 0 Å². The van der Waals surface area contributed by atoms with E-state index in [0.717, 1.165) is 19.4 Å². The molecule has 0 aliphatic heterocycles. The Balaban J connectivity index is 2.31. The summed E-state index contributed by atoms with van der Waals surface area (Å²) in [6, 6.07) is 0.580. The molecule has 17 heavy (non-hydrogen) atoms. The summed E-state index contributed by atoms with van der Waals surface area (Å²) in [6.07, 6.45) is 6.59. The van der Waals surface area contributed by atoms with E-state index in [2.05, 4.69) is 31.1 Å². The first kappa shape index (κ1) is 14.6. The summed E-state index contributed by atoms with van der Waals surface area (Å²) >= 11 is 1.80. The second-order valence-corrected chi connectivity index (χ2v) is 5.70. The van der Waals surface area contributed by atoms with Crippen molar-refractivity contribution in [2.24, 2.45) is 5.73 Å². The van der Waals surface area contributed by atoms with Crippen LogP contribution in [-0.4, -0.2) is 17.6 Å². The lowest BCUT2D eigenvalue weighted by atomic mass is 10.1. The lowest BCUT2D eigenvalue weighted by molar-refractivity contribution is 0.484. The standard InChI is InChI=1S/C13H25N3S/c1-4-6-7-11(14)8-15-10(3)13-16-9-12(5-2)17-13/h9-11,15H,4-8,14H2,1-3H3/t10?,11-/m0/s1. The van der Waals surface area contributed by atoms with E-state index < -0.39 is 0 Å². The maximum atomic E-state index is 6.04. The Morgan fingerprint density at radius 2 is 2.24 bits per heavy atom. The Bertz CT molecular complexity index is 311. The van der Waals surface area contributed by atoms with Crippen molar-refractivity contribution in [3.63, 3.8) is 0 Å². The number of nitrogens with two attached hydrogens (primary N) is 1. The second-order valence-electron chi connectivity index (χ2n) is 4.55.